The lowest BCUT2D eigenvalue weighted by Crippen LogP contribution is -2.23. The minimum atomic E-state index is -0.316. The number of thioether (sulfide) groups is 1. The lowest BCUT2D eigenvalue weighted by Gasteiger charge is -2.14. The fourth-order valence-electron chi connectivity index (χ4n) is 2.27. The third-order valence-electron chi connectivity index (χ3n) is 3.65. The first-order valence-electron chi connectivity index (χ1n) is 7.48. The smallest absolute Gasteiger partial charge is 0.237 e. The van der Waals surface area contributed by atoms with Gasteiger partial charge in [0.25, 0.3) is 0 Å². The van der Waals surface area contributed by atoms with Gasteiger partial charge >= 0.3 is 0 Å². The maximum Gasteiger partial charge on any atom is 0.237 e. The van der Waals surface area contributed by atoms with Crippen LogP contribution in [0.1, 0.15) is 12.5 Å². The molecule has 3 aromatic rings. The maximum absolute atomic E-state index is 12.5. The molecule has 0 saturated heterocycles. The zero-order chi connectivity index (χ0) is 17.1. The highest BCUT2D eigenvalue weighted by Crippen LogP contribution is 2.29. The topological polar surface area (TPSA) is 54.9 Å². The Morgan fingerprint density at radius 2 is 2.04 bits per heavy atom. The highest BCUT2D eigenvalue weighted by Gasteiger charge is 2.18. The van der Waals surface area contributed by atoms with Crippen LogP contribution in [0.2, 0.25) is 5.02 Å². The van der Waals surface area contributed by atoms with Crippen molar-refractivity contribution in [3.63, 3.8) is 0 Å². The van der Waals surface area contributed by atoms with Crippen molar-refractivity contribution in [2.24, 2.45) is 0 Å². The highest BCUT2D eigenvalue weighted by molar-refractivity contribution is 8.00. The van der Waals surface area contributed by atoms with Gasteiger partial charge in [0.15, 0.2) is 0 Å². The van der Waals surface area contributed by atoms with E-state index in [0.717, 1.165) is 27.0 Å². The normalized spacial score (nSPS) is 12.1. The molecule has 1 amide bonds. The molecule has 4 nitrogen and oxygen atoms in total. The molecule has 0 bridgehead atoms. The average molecular weight is 358 g/mol. The first kappa shape index (κ1) is 16.7. The van der Waals surface area contributed by atoms with E-state index < -0.39 is 0 Å². The number of fused-ring (bicyclic) bond motifs is 1. The predicted molar refractivity (Wildman–Crippen MR) is 99.7 cm³/mol. The van der Waals surface area contributed by atoms with Crippen molar-refractivity contribution < 1.29 is 4.79 Å². The Balaban J connectivity index is 1.77. The van der Waals surface area contributed by atoms with E-state index in [1.165, 1.54) is 11.8 Å². The fourth-order valence-corrected chi connectivity index (χ4v) is 3.35. The molecule has 0 aliphatic rings. The minimum absolute atomic E-state index is 0.0971. The van der Waals surface area contributed by atoms with Crippen molar-refractivity contribution in [1.29, 1.82) is 0 Å². The first-order valence-corrected chi connectivity index (χ1v) is 8.74. The molecule has 0 fully saturated rings. The summed E-state index contributed by atoms with van der Waals surface area (Å²) in [6.07, 6.45) is 1.72. The molecule has 0 aliphatic heterocycles. The number of nitrogens with zero attached hydrogens (tertiary/aromatic N) is 2. The summed E-state index contributed by atoms with van der Waals surface area (Å²) < 4.78 is 0. The van der Waals surface area contributed by atoms with Crippen LogP contribution in [-0.2, 0) is 4.79 Å². The van der Waals surface area contributed by atoms with E-state index in [1.54, 1.807) is 18.3 Å². The van der Waals surface area contributed by atoms with Gasteiger partial charge in [-0.2, -0.15) is 5.10 Å². The van der Waals surface area contributed by atoms with Crippen LogP contribution in [0.15, 0.2) is 53.7 Å². The molecular formula is C18H16ClN3OS. The number of hydrogen-bond acceptors (Lipinski definition) is 4. The molecule has 0 saturated carbocycles. The van der Waals surface area contributed by atoms with Gasteiger partial charge in [-0.05, 0) is 31.5 Å². The zero-order valence-corrected chi connectivity index (χ0v) is 14.9. The predicted octanol–water partition coefficient (Wildman–Crippen LogP) is 4.71. The molecule has 6 heteroatoms. The van der Waals surface area contributed by atoms with Gasteiger partial charge in [0.2, 0.25) is 5.91 Å². The van der Waals surface area contributed by atoms with Crippen molar-refractivity contribution in [2.75, 3.05) is 5.32 Å². The number of halogens is 1. The van der Waals surface area contributed by atoms with Gasteiger partial charge < -0.3 is 5.32 Å². The number of nitrogens with one attached hydrogen (secondary N) is 1. The van der Waals surface area contributed by atoms with Crippen LogP contribution in [0.25, 0.3) is 10.8 Å². The summed E-state index contributed by atoms with van der Waals surface area (Å²) in [7, 11) is 0. The maximum atomic E-state index is 12.5. The van der Waals surface area contributed by atoms with E-state index in [-0.39, 0.29) is 11.2 Å². The van der Waals surface area contributed by atoms with E-state index >= 15 is 0 Å². The number of aryl methyl sites for hydroxylation is 1. The van der Waals surface area contributed by atoms with Gasteiger partial charge in [-0.15, -0.1) is 5.10 Å². The van der Waals surface area contributed by atoms with Crippen molar-refractivity contribution in [2.45, 2.75) is 24.1 Å². The molecule has 3 rings (SSSR count). The molecular weight excluding hydrogens is 342 g/mol. The number of rotatable bonds is 4. The van der Waals surface area contributed by atoms with Crippen LogP contribution in [0.3, 0.4) is 0 Å². The minimum Gasteiger partial charge on any atom is -0.325 e. The van der Waals surface area contributed by atoms with Gasteiger partial charge in [0.05, 0.1) is 11.4 Å². The van der Waals surface area contributed by atoms with Crippen LogP contribution in [0, 0.1) is 6.92 Å². The molecule has 0 unspecified atom stereocenters. The Labute approximate surface area is 149 Å². The molecule has 0 radical (unpaired) electrons. The monoisotopic (exact) mass is 357 g/mol. The second-order valence-electron chi connectivity index (χ2n) is 5.45. The summed E-state index contributed by atoms with van der Waals surface area (Å²) >= 11 is 7.39. The van der Waals surface area contributed by atoms with Crippen LogP contribution in [0.5, 0.6) is 0 Å². The number of carbonyl (C=O) groups excluding carboxylic acids is 1. The van der Waals surface area contributed by atoms with E-state index in [9.17, 15) is 4.79 Å². The van der Waals surface area contributed by atoms with Crippen molar-refractivity contribution in [3.05, 3.63) is 59.2 Å². The van der Waals surface area contributed by atoms with Gasteiger partial charge in [-0.25, -0.2) is 0 Å². The third kappa shape index (κ3) is 3.68. The zero-order valence-electron chi connectivity index (χ0n) is 13.3. The van der Waals surface area contributed by atoms with E-state index in [2.05, 4.69) is 15.5 Å². The second-order valence-corrected chi connectivity index (χ2v) is 7.21. The van der Waals surface area contributed by atoms with E-state index in [1.807, 2.05) is 44.2 Å². The number of hydrogen-bond donors (Lipinski definition) is 1. The van der Waals surface area contributed by atoms with Gasteiger partial charge in [0, 0.05) is 21.5 Å². The second kappa shape index (κ2) is 7.20. The summed E-state index contributed by atoms with van der Waals surface area (Å²) in [5.41, 5.74) is 1.69. The first-order chi connectivity index (χ1) is 11.5. The van der Waals surface area contributed by atoms with Crippen molar-refractivity contribution >= 4 is 45.7 Å². The summed E-state index contributed by atoms with van der Waals surface area (Å²) in [5, 5.41) is 14.2. The van der Waals surface area contributed by atoms with Crippen molar-refractivity contribution in [1.82, 2.24) is 10.2 Å². The molecule has 122 valence electrons. The molecule has 0 aliphatic carbocycles. The molecule has 1 heterocycles. The molecule has 2 aromatic carbocycles. The Morgan fingerprint density at radius 1 is 1.25 bits per heavy atom. The lowest BCUT2D eigenvalue weighted by molar-refractivity contribution is -0.115. The highest BCUT2D eigenvalue weighted by atomic mass is 35.5. The van der Waals surface area contributed by atoms with Gasteiger partial charge in [-0.1, -0.05) is 53.7 Å². The standard InChI is InChI=1S/C18H16ClN3OS/c1-11-7-8-14(19)9-16(11)21-17(23)12(2)24-18-15-6-4-3-5-13(15)10-20-22-18/h3-10,12H,1-2H3,(H,21,23)/t12-/m0/s1. The van der Waals surface area contributed by atoms with Crippen LogP contribution < -0.4 is 5.32 Å². The van der Waals surface area contributed by atoms with Crippen molar-refractivity contribution in [3.8, 4) is 0 Å². The number of aromatic nitrogens is 2. The fraction of sp³-hybridized carbons (Fsp3) is 0.167. The van der Waals surface area contributed by atoms with Crippen LogP contribution >= 0.6 is 23.4 Å². The quantitative estimate of drug-likeness (QED) is 0.687. The third-order valence-corrected chi connectivity index (χ3v) is 4.98. The van der Waals surface area contributed by atoms with E-state index in [4.69, 9.17) is 11.6 Å². The Kier molecular flexibility index (Phi) is 5.02. The number of anilines is 1. The van der Waals surface area contributed by atoms with Crippen LogP contribution in [-0.4, -0.2) is 21.4 Å². The Bertz CT molecular complexity index is 895. The number of carbonyl (C=O) groups is 1. The molecule has 1 N–H and O–H groups in total. The summed E-state index contributed by atoms with van der Waals surface area (Å²) in [6, 6.07) is 13.3. The average Bonchev–Trinajstić information content (AvgIpc) is 2.58. The van der Waals surface area contributed by atoms with Gasteiger partial charge in [0.1, 0.15) is 5.03 Å². The molecule has 24 heavy (non-hydrogen) atoms. The Morgan fingerprint density at radius 3 is 2.88 bits per heavy atom. The van der Waals surface area contributed by atoms with E-state index in [0.29, 0.717) is 5.02 Å². The SMILES string of the molecule is Cc1ccc(Cl)cc1NC(=O)[C@H](C)Sc1nncc2ccccc12. The van der Waals surface area contributed by atoms with Crippen LogP contribution in [0.4, 0.5) is 5.69 Å². The summed E-state index contributed by atoms with van der Waals surface area (Å²) in [5.74, 6) is -0.0971. The lowest BCUT2D eigenvalue weighted by atomic mass is 10.2. The number of amides is 1. The molecule has 1 aromatic heterocycles. The summed E-state index contributed by atoms with van der Waals surface area (Å²) in [6.45, 7) is 3.78. The molecule has 0 spiro atoms. The largest absolute Gasteiger partial charge is 0.325 e. The summed E-state index contributed by atoms with van der Waals surface area (Å²) in [4.78, 5) is 12.5. The number of benzene rings is 2. The van der Waals surface area contributed by atoms with Gasteiger partial charge in [-0.3, -0.25) is 4.79 Å². The molecule has 1 atom stereocenters. The Hall–Kier alpha value is -2.11.